The van der Waals surface area contributed by atoms with Gasteiger partial charge in [-0.05, 0) is 32.0 Å². The Bertz CT molecular complexity index is 682. The third kappa shape index (κ3) is 2.74. The highest BCUT2D eigenvalue weighted by Crippen LogP contribution is 2.37. The molecule has 0 radical (unpaired) electrons. The number of fused-ring (bicyclic) bond motifs is 1. The smallest absolute Gasteiger partial charge is 0.335 e. The number of aromatic carboxylic acids is 1. The number of carbonyl (C=O) groups is 3. The first-order valence-corrected chi connectivity index (χ1v) is 7.44. The van der Waals surface area contributed by atoms with Gasteiger partial charge in [0.2, 0.25) is 11.8 Å². The van der Waals surface area contributed by atoms with E-state index >= 15 is 0 Å². The van der Waals surface area contributed by atoms with E-state index in [-0.39, 0.29) is 42.8 Å². The summed E-state index contributed by atoms with van der Waals surface area (Å²) < 4.78 is 5.94. The van der Waals surface area contributed by atoms with Gasteiger partial charge in [-0.1, -0.05) is 0 Å². The van der Waals surface area contributed by atoms with Crippen molar-refractivity contribution in [2.24, 2.45) is 0 Å². The SMILES string of the molecule is CC1(C)Oc2ccc(C(=O)O)cc2NC1CN1C(=O)CCC1=O. The Labute approximate surface area is 133 Å². The minimum absolute atomic E-state index is 0.145. The Balaban J connectivity index is 1.87. The van der Waals surface area contributed by atoms with E-state index in [0.717, 1.165) is 0 Å². The van der Waals surface area contributed by atoms with Crippen LogP contribution in [0.5, 0.6) is 5.75 Å². The molecule has 0 bridgehead atoms. The molecule has 7 heteroatoms. The summed E-state index contributed by atoms with van der Waals surface area (Å²) in [7, 11) is 0. The van der Waals surface area contributed by atoms with Crippen molar-refractivity contribution < 1.29 is 24.2 Å². The average molecular weight is 318 g/mol. The molecule has 7 nitrogen and oxygen atoms in total. The largest absolute Gasteiger partial charge is 0.483 e. The zero-order chi connectivity index (χ0) is 16.8. The van der Waals surface area contributed by atoms with E-state index in [1.165, 1.54) is 17.0 Å². The number of carboxylic acid groups (broad SMARTS) is 1. The van der Waals surface area contributed by atoms with Crippen LogP contribution >= 0.6 is 0 Å². The molecule has 0 saturated carbocycles. The molecule has 2 N–H and O–H groups in total. The van der Waals surface area contributed by atoms with Crippen LogP contribution in [0.3, 0.4) is 0 Å². The Morgan fingerprint density at radius 2 is 2.00 bits per heavy atom. The van der Waals surface area contributed by atoms with Crippen LogP contribution in [0, 0.1) is 0 Å². The summed E-state index contributed by atoms with van der Waals surface area (Å²) in [6.07, 6.45) is 0.485. The molecule has 2 heterocycles. The first kappa shape index (κ1) is 15.3. The number of nitrogens with one attached hydrogen (secondary N) is 1. The van der Waals surface area contributed by atoms with Crippen LogP contribution in [-0.2, 0) is 9.59 Å². The van der Waals surface area contributed by atoms with Crippen molar-refractivity contribution in [2.45, 2.75) is 38.3 Å². The number of carboxylic acids is 1. The summed E-state index contributed by atoms with van der Waals surface area (Å²) >= 11 is 0. The number of hydrogen-bond donors (Lipinski definition) is 2. The number of benzene rings is 1. The quantitative estimate of drug-likeness (QED) is 0.820. The molecule has 3 rings (SSSR count). The van der Waals surface area contributed by atoms with Crippen LogP contribution < -0.4 is 10.1 Å². The lowest BCUT2D eigenvalue weighted by molar-refractivity contribution is -0.139. The lowest BCUT2D eigenvalue weighted by Crippen LogP contribution is -2.55. The van der Waals surface area contributed by atoms with Crippen LogP contribution in [0.25, 0.3) is 0 Å². The lowest BCUT2D eigenvalue weighted by Gasteiger charge is -2.42. The molecule has 0 spiro atoms. The third-order valence-corrected chi connectivity index (χ3v) is 4.29. The fourth-order valence-corrected chi connectivity index (χ4v) is 2.86. The molecule has 1 aromatic carbocycles. The second kappa shape index (κ2) is 5.26. The number of imide groups is 1. The zero-order valence-electron chi connectivity index (χ0n) is 13.0. The normalized spacial score (nSPS) is 22.3. The first-order chi connectivity index (χ1) is 10.8. The molecule has 1 atom stereocenters. The van der Waals surface area contributed by atoms with Gasteiger partial charge in [-0.2, -0.15) is 0 Å². The van der Waals surface area contributed by atoms with Gasteiger partial charge in [-0.25, -0.2) is 4.79 Å². The van der Waals surface area contributed by atoms with Gasteiger partial charge < -0.3 is 15.2 Å². The van der Waals surface area contributed by atoms with Gasteiger partial charge in [-0.15, -0.1) is 0 Å². The predicted molar refractivity (Wildman–Crippen MR) is 81.5 cm³/mol. The number of carbonyl (C=O) groups excluding carboxylic acids is 2. The number of nitrogens with zero attached hydrogens (tertiary/aromatic N) is 1. The van der Waals surface area contributed by atoms with Crippen molar-refractivity contribution >= 4 is 23.5 Å². The zero-order valence-corrected chi connectivity index (χ0v) is 13.0. The van der Waals surface area contributed by atoms with Crippen LogP contribution in [0.2, 0.25) is 0 Å². The summed E-state index contributed by atoms with van der Waals surface area (Å²) in [6.45, 7) is 3.93. The number of rotatable bonds is 3. The highest BCUT2D eigenvalue weighted by Gasteiger charge is 2.41. The number of hydrogen-bond acceptors (Lipinski definition) is 5. The molecule has 2 aliphatic heterocycles. The molecule has 2 aliphatic rings. The summed E-state index contributed by atoms with van der Waals surface area (Å²) in [5.74, 6) is -0.841. The fourth-order valence-electron chi connectivity index (χ4n) is 2.86. The van der Waals surface area contributed by atoms with E-state index < -0.39 is 11.6 Å². The van der Waals surface area contributed by atoms with E-state index in [2.05, 4.69) is 5.32 Å². The summed E-state index contributed by atoms with van der Waals surface area (Å²) in [5, 5.41) is 12.3. The Hall–Kier alpha value is -2.57. The molecule has 1 unspecified atom stereocenters. The molecule has 1 aromatic rings. The maximum atomic E-state index is 11.8. The number of ether oxygens (including phenoxy) is 1. The van der Waals surface area contributed by atoms with Crippen LogP contribution in [-0.4, -0.2) is 46.0 Å². The number of likely N-dealkylation sites (tertiary alicyclic amines) is 1. The van der Waals surface area contributed by atoms with Crippen molar-refractivity contribution in [3.05, 3.63) is 23.8 Å². The van der Waals surface area contributed by atoms with Gasteiger partial charge in [0.1, 0.15) is 11.4 Å². The van der Waals surface area contributed by atoms with Crippen molar-refractivity contribution in [2.75, 3.05) is 11.9 Å². The summed E-state index contributed by atoms with van der Waals surface area (Å²) in [6, 6.07) is 4.25. The average Bonchev–Trinajstić information content (AvgIpc) is 2.78. The molecule has 122 valence electrons. The van der Waals surface area contributed by atoms with Crippen molar-refractivity contribution in [3.8, 4) is 5.75 Å². The van der Waals surface area contributed by atoms with E-state index in [0.29, 0.717) is 11.4 Å². The highest BCUT2D eigenvalue weighted by molar-refractivity contribution is 6.02. The molecule has 0 aliphatic carbocycles. The van der Waals surface area contributed by atoms with Gasteiger partial charge in [0, 0.05) is 12.8 Å². The highest BCUT2D eigenvalue weighted by atomic mass is 16.5. The van der Waals surface area contributed by atoms with Gasteiger partial charge in [0.25, 0.3) is 0 Å². The van der Waals surface area contributed by atoms with Crippen LogP contribution in [0.1, 0.15) is 37.0 Å². The molecular weight excluding hydrogens is 300 g/mol. The second-order valence-corrected chi connectivity index (χ2v) is 6.32. The minimum atomic E-state index is -1.03. The van der Waals surface area contributed by atoms with Crippen LogP contribution in [0.15, 0.2) is 18.2 Å². The number of amides is 2. The molecular formula is C16H18N2O5. The van der Waals surface area contributed by atoms with Crippen molar-refractivity contribution in [1.82, 2.24) is 4.90 Å². The van der Waals surface area contributed by atoms with E-state index in [1.54, 1.807) is 6.07 Å². The fraction of sp³-hybridized carbons (Fsp3) is 0.438. The Morgan fingerprint density at radius 1 is 1.35 bits per heavy atom. The molecule has 1 fully saturated rings. The summed E-state index contributed by atoms with van der Waals surface area (Å²) in [4.78, 5) is 36.0. The van der Waals surface area contributed by atoms with E-state index in [9.17, 15) is 14.4 Å². The second-order valence-electron chi connectivity index (χ2n) is 6.32. The van der Waals surface area contributed by atoms with Crippen LogP contribution in [0.4, 0.5) is 5.69 Å². The van der Waals surface area contributed by atoms with E-state index in [1.807, 2.05) is 13.8 Å². The topological polar surface area (TPSA) is 95.9 Å². The van der Waals surface area contributed by atoms with Gasteiger partial charge in [0.15, 0.2) is 0 Å². The molecule has 2 amide bonds. The maximum Gasteiger partial charge on any atom is 0.335 e. The third-order valence-electron chi connectivity index (χ3n) is 4.29. The standard InChI is InChI=1S/C16H18N2O5/c1-16(2)12(8-18-13(19)5-6-14(18)20)17-10-7-9(15(21)22)3-4-11(10)23-16/h3-4,7,12,17H,5-6,8H2,1-2H3,(H,21,22). The number of anilines is 1. The maximum absolute atomic E-state index is 11.8. The molecule has 23 heavy (non-hydrogen) atoms. The first-order valence-electron chi connectivity index (χ1n) is 7.44. The monoisotopic (exact) mass is 318 g/mol. The Morgan fingerprint density at radius 3 is 2.61 bits per heavy atom. The predicted octanol–water partition coefficient (Wildman–Crippen LogP) is 1.49. The van der Waals surface area contributed by atoms with Crippen molar-refractivity contribution in [1.29, 1.82) is 0 Å². The van der Waals surface area contributed by atoms with Gasteiger partial charge in [-0.3, -0.25) is 14.5 Å². The van der Waals surface area contributed by atoms with Crippen molar-refractivity contribution in [3.63, 3.8) is 0 Å². The molecule has 0 aromatic heterocycles. The van der Waals surface area contributed by atoms with Gasteiger partial charge in [0.05, 0.1) is 23.8 Å². The minimum Gasteiger partial charge on any atom is -0.483 e. The lowest BCUT2D eigenvalue weighted by atomic mass is 9.95. The van der Waals surface area contributed by atoms with E-state index in [4.69, 9.17) is 9.84 Å². The van der Waals surface area contributed by atoms with Gasteiger partial charge >= 0.3 is 5.97 Å². The Kier molecular flexibility index (Phi) is 3.50. The molecule has 1 saturated heterocycles. The summed E-state index contributed by atoms with van der Waals surface area (Å²) in [5.41, 5.74) is 0.0425.